The van der Waals surface area contributed by atoms with Crippen molar-refractivity contribution in [2.45, 2.75) is 12.8 Å². The van der Waals surface area contributed by atoms with Gasteiger partial charge < -0.3 is 4.74 Å². The fourth-order valence-electron chi connectivity index (χ4n) is 2.78. The molecule has 100 valence electrons. The molecule has 0 saturated heterocycles. The molecular weight excluding hydrogens is 248 g/mol. The lowest BCUT2D eigenvalue weighted by molar-refractivity contribution is -0.113. The van der Waals surface area contributed by atoms with E-state index in [-0.39, 0.29) is 11.7 Å². The van der Waals surface area contributed by atoms with Crippen LogP contribution in [0.5, 0.6) is 5.75 Å². The molecule has 0 spiro atoms. The average molecular weight is 264 g/mol. The average Bonchev–Trinajstić information content (AvgIpc) is 2.87. The lowest BCUT2D eigenvalue weighted by atomic mass is 9.87. The van der Waals surface area contributed by atoms with Crippen molar-refractivity contribution < 1.29 is 9.53 Å². The van der Waals surface area contributed by atoms with Crippen LogP contribution in [0.1, 0.15) is 29.5 Å². The zero-order chi connectivity index (χ0) is 14.1. The molecule has 0 saturated carbocycles. The molecule has 1 atom stereocenters. The Bertz CT molecular complexity index is 681. The Morgan fingerprint density at radius 1 is 1.05 bits per heavy atom. The molecule has 1 aliphatic carbocycles. The molecule has 0 fully saturated rings. The van der Waals surface area contributed by atoms with E-state index in [4.69, 9.17) is 4.74 Å². The number of ether oxygens (including phenoxy) is 1. The van der Waals surface area contributed by atoms with Crippen LogP contribution in [-0.4, -0.2) is 12.9 Å². The molecule has 2 aromatic rings. The zero-order valence-corrected chi connectivity index (χ0v) is 11.6. The van der Waals surface area contributed by atoms with Gasteiger partial charge in [0.2, 0.25) is 0 Å². The van der Waals surface area contributed by atoms with Crippen LogP contribution < -0.4 is 4.74 Å². The number of benzene rings is 2. The highest BCUT2D eigenvalue weighted by Gasteiger charge is 2.28. The largest absolute Gasteiger partial charge is 0.497 e. The summed E-state index contributed by atoms with van der Waals surface area (Å²) in [4.78, 5) is 11.9. The second kappa shape index (κ2) is 4.97. The number of ketones is 1. The minimum Gasteiger partial charge on any atom is -0.497 e. The highest BCUT2D eigenvalue weighted by molar-refractivity contribution is 6.02. The first kappa shape index (κ1) is 12.7. The van der Waals surface area contributed by atoms with Crippen molar-refractivity contribution in [1.29, 1.82) is 0 Å². The maximum Gasteiger partial charge on any atom is 0.156 e. The first-order valence-corrected chi connectivity index (χ1v) is 6.66. The Morgan fingerprint density at radius 3 is 2.40 bits per heavy atom. The first-order chi connectivity index (χ1) is 9.70. The van der Waals surface area contributed by atoms with Crippen LogP contribution in [0.25, 0.3) is 6.08 Å². The molecule has 0 aromatic heterocycles. The highest BCUT2D eigenvalue weighted by Crippen LogP contribution is 2.41. The monoisotopic (exact) mass is 264 g/mol. The van der Waals surface area contributed by atoms with Gasteiger partial charge in [-0.1, -0.05) is 36.4 Å². The minimum absolute atomic E-state index is 0.0367. The molecule has 1 aliphatic rings. The predicted octanol–water partition coefficient (Wildman–Crippen LogP) is 3.81. The molecule has 2 heteroatoms. The lowest BCUT2D eigenvalue weighted by Crippen LogP contribution is -2.07. The number of carbonyl (C=O) groups is 1. The fourth-order valence-corrected chi connectivity index (χ4v) is 2.78. The normalized spacial score (nSPS) is 16.5. The number of carbonyl (C=O) groups excluding carboxylic acids is 1. The van der Waals surface area contributed by atoms with Gasteiger partial charge in [0.25, 0.3) is 0 Å². The molecule has 0 radical (unpaired) electrons. The van der Waals surface area contributed by atoms with Crippen LogP contribution in [0.3, 0.4) is 0 Å². The summed E-state index contributed by atoms with van der Waals surface area (Å²) in [7, 11) is 1.65. The Labute approximate surface area is 118 Å². The van der Waals surface area contributed by atoms with Crippen molar-refractivity contribution in [3.8, 4) is 5.75 Å². The van der Waals surface area contributed by atoms with Crippen LogP contribution in [0.4, 0.5) is 0 Å². The number of methoxy groups -OCH3 is 1. The standard InChI is InChI=1S/C18H16O2/c1-12(19)17-11-14-5-3-4-6-16(14)18(17)13-7-9-15(20-2)10-8-13/h3-11,18H,1-2H3. The van der Waals surface area contributed by atoms with E-state index in [1.54, 1.807) is 14.0 Å². The molecule has 0 aliphatic heterocycles. The number of hydrogen-bond acceptors (Lipinski definition) is 2. The van der Waals surface area contributed by atoms with Gasteiger partial charge in [-0.25, -0.2) is 0 Å². The number of Topliss-reactive ketones (excluding diaryl/α,β-unsaturated/α-hetero) is 1. The molecule has 3 rings (SSSR count). The van der Waals surface area contributed by atoms with Crippen LogP contribution in [0, 0.1) is 0 Å². The quantitative estimate of drug-likeness (QED) is 0.842. The van der Waals surface area contributed by atoms with E-state index in [0.29, 0.717) is 0 Å². The summed E-state index contributed by atoms with van der Waals surface area (Å²) in [5, 5.41) is 0. The first-order valence-electron chi connectivity index (χ1n) is 6.66. The summed E-state index contributed by atoms with van der Waals surface area (Å²) in [6, 6.07) is 16.1. The van der Waals surface area contributed by atoms with Gasteiger partial charge in [-0.15, -0.1) is 0 Å². The second-order valence-electron chi connectivity index (χ2n) is 4.99. The third kappa shape index (κ3) is 2.03. The van der Waals surface area contributed by atoms with E-state index < -0.39 is 0 Å². The van der Waals surface area contributed by atoms with E-state index in [1.165, 1.54) is 5.56 Å². The van der Waals surface area contributed by atoms with Gasteiger partial charge in [0, 0.05) is 11.5 Å². The summed E-state index contributed by atoms with van der Waals surface area (Å²) >= 11 is 0. The Balaban J connectivity index is 2.09. The zero-order valence-electron chi connectivity index (χ0n) is 11.6. The molecule has 0 bridgehead atoms. The lowest BCUT2D eigenvalue weighted by Gasteiger charge is -2.16. The number of fused-ring (bicyclic) bond motifs is 1. The van der Waals surface area contributed by atoms with Gasteiger partial charge in [-0.2, -0.15) is 0 Å². The molecular formula is C18H16O2. The van der Waals surface area contributed by atoms with Crippen molar-refractivity contribution in [2.24, 2.45) is 0 Å². The maximum absolute atomic E-state index is 11.9. The van der Waals surface area contributed by atoms with Gasteiger partial charge in [-0.05, 0) is 41.8 Å². The maximum atomic E-state index is 11.9. The highest BCUT2D eigenvalue weighted by atomic mass is 16.5. The van der Waals surface area contributed by atoms with Crippen LogP contribution >= 0.6 is 0 Å². The summed E-state index contributed by atoms with van der Waals surface area (Å²) in [6.07, 6.45) is 2.01. The van der Waals surface area contributed by atoms with Gasteiger partial charge in [0.1, 0.15) is 5.75 Å². The van der Waals surface area contributed by atoms with Crippen molar-refractivity contribution in [3.05, 3.63) is 70.8 Å². The van der Waals surface area contributed by atoms with Gasteiger partial charge in [-0.3, -0.25) is 4.79 Å². The fraction of sp³-hybridized carbons (Fsp3) is 0.167. The molecule has 20 heavy (non-hydrogen) atoms. The van der Waals surface area contributed by atoms with Gasteiger partial charge >= 0.3 is 0 Å². The van der Waals surface area contributed by atoms with Gasteiger partial charge in [0.05, 0.1) is 7.11 Å². The van der Waals surface area contributed by atoms with Crippen molar-refractivity contribution in [1.82, 2.24) is 0 Å². The van der Waals surface area contributed by atoms with Crippen LogP contribution in [0.2, 0.25) is 0 Å². The summed E-state index contributed by atoms with van der Waals surface area (Å²) in [5.74, 6) is 0.991. The van der Waals surface area contributed by atoms with E-state index in [9.17, 15) is 4.79 Å². The molecule has 2 nitrogen and oxygen atoms in total. The molecule has 0 N–H and O–H groups in total. The second-order valence-corrected chi connectivity index (χ2v) is 4.99. The molecule has 1 unspecified atom stereocenters. The Kier molecular flexibility index (Phi) is 3.15. The number of rotatable bonds is 3. The SMILES string of the molecule is COc1ccc(C2C(C(C)=O)=Cc3ccccc32)cc1. The predicted molar refractivity (Wildman–Crippen MR) is 79.9 cm³/mol. The third-order valence-corrected chi connectivity index (χ3v) is 3.78. The van der Waals surface area contributed by atoms with Gasteiger partial charge in [0.15, 0.2) is 5.78 Å². The smallest absolute Gasteiger partial charge is 0.156 e. The van der Waals surface area contributed by atoms with E-state index >= 15 is 0 Å². The van der Waals surface area contributed by atoms with E-state index in [2.05, 4.69) is 12.1 Å². The number of allylic oxidation sites excluding steroid dienone is 1. The molecule has 2 aromatic carbocycles. The minimum atomic E-state index is 0.0367. The van der Waals surface area contributed by atoms with Crippen molar-refractivity contribution in [3.63, 3.8) is 0 Å². The Hall–Kier alpha value is -2.35. The topological polar surface area (TPSA) is 26.3 Å². The number of hydrogen-bond donors (Lipinski definition) is 0. The summed E-state index contributed by atoms with van der Waals surface area (Å²) in [6.45, 7) is 1.63. The Morgan fingerprint density at radius 2 is 1.75 bits per heavy atom. The third-order valence-electron chi connectivity index (χ3n) is 3.78. The van der Waals surface area contributed by atoms with Crippen molar-refractivity contribution >= 4 is 11.9 Å². The van der Waals surface area contributed by atoms with E-state index in [0.717, 1.165) is 22.4 Å². The summed E-state index contributed by atoms with van der Waals surface area (Å²) < 4.78 is 5.19. The molecule has 0 amide bonds. The molecule has 0 heterocycles. The van der Waals surface area contributed by atoms with Crippen molar-refractivity contribution in [2.75, 3.05) is 7.11 Å². The van der Waals surface area contributed by atoms with Crippen LogP contribution in [-0.2, 0) is 4.79 Å². The van der Waals surface area contributed by atoms with Crippen LogP contribution in [0.15, 0.2) is 54.1 Å². The summed E-state index contributed by atoms with van der Waals surface area (Å²) in [5.41, 5.74) is 4.31. The van der Waals surface area contributed by atoms with E-state index in [1.807, 2.05) is 42.5 Å².